The summed E-state index contributed by atoms with van der Waals surface area (Å²) in [7, 11) is 3.12. The molecule has 0 aliphatic carbocycles. The van der Waals surface area contributed by atoms with Crippen LogP contribution in [0.2, 0.25) is 5.15 Å². The molecule has 0 spiro atoms. The minimum absolute atomic E-state index is 0.402. The van der Waals surface area contributed by atoms with E-state index in [9.17, 15) is 4.79 Å². The summed E-state index contributed by atoms with van der Waals surface area (Å²) < 4.78 is 8.11. The predicted molar refractivity (Wildman–Crippen MR) is 70.4 cm³/mol. The first kappa shape index (κ1) is 13.6. The van der Waals surface area contributed by atoms with E-state index in [4.69, 9.17) is 16.3 Å². The fourth-order valence-electron chi connectivity index (χ4n) is 1.95. The molecule has 2 aromatic heterocycles. The van der Waals surface area contributed by atoms with E-state index in [1.54, 1.807) is 16.3 Å². The number of aromatic nitrogens is 4. The van der Waals surface area contributed by atoms with Crippen molar-refractivity contribution in [2.24, 2.45) is 7.05 Å². The third-order valence-corrected chi connectivity index (χ3v) is 3.51. The summed E-state index contributed by atoms with van der Waals surface area (Å²) >= 11 is 6.20. The Balaban J connectivity index is 2.43. The standard InChI is InChI=1S/C12H15ClN4O2/c1-7-9(11(13)16(3)15-7)6-17-8(2)14-5-10(17)12(18)19-4/h5H,6H2,1-4H3. The molecule has 0 radical (unpaired) electrons. The predicted octanol–water partition coefficient (Wildman–Crippen LogP) is 1.72. The van der Waals surface area contributed by atoms with Crippen LogP contribution in [0.1, 0.15) is 27.6 Å². The van der Waals surface area contributed by atoms with Gasteiger partial charge in [-0.1, -0.05) is 11.6 Å². The minimum atomic E-state index is -0.418. The molecule has 0 N–H and O–H groups in total. The van der Waals surface area contributed by atoms with E-state index in [1.165, 1.54) is 13.3 Å². The van der Waals surface area contributed by atoms with Gasteiger partial charge in [0.25, 0.3) is 0 Å². The van der Waals surface area contributed by atoms with Crippen molar-refractivity contribution in [3.63, 3.8) is 0 Å². The molecule has 0 aromatic carbocycles. The molecule has 0 aliphatic heterocycles. The van der Waals surface area contributed by atoms with Crippen molar-refractivity contribution in [3.8, 4) is 0 Å². The molecule has 6 nitrogen and oxygen atoms in total. The van der Waals surface area contributed by atoms with Gasteiger partial charge in [-0.25, -0.2) is 9.78 Å². The number of methoxy groups -OCH3 is 1. The highest BCUT2D eigenvalue weighted by atomic mass is 35.5. The van der Waals surface area contributed by atoms with Crippen molar-refractivity contribution in [1.82, 2.24) is 19.3 Å². The van der Waals surface area contributed by atoms with Crippen molar-refractivity contribution >= 4 is 17.6 Å². The van der Waals surface area contributed by atoms with Gasteiger partial charge in [-0.3, -0.25) is 4.68 Å². The highest BCUT2D eigenvalue weighted by molar-refractivity contribution is 6.30. The van der Waals surface area contributed by atoms with E-state index >= 15 is 0 Å². The summed E-state index contributed by atoms with van der Waals surface area (Å²) in [5.74, 6) is 0.304. The van der Waals surface area contributed by atoms with Crippen LogP contribution in [0.15, 0.2) is 6.20 Å². The molecule has 0 aliphatic rings. The molecule has 2 heterocycles. The number of aryl methyl sites for hydroxylation is 3. The van der Waals surface area contributed by atoms with Crippen LogP contribution in [0.3, 0.4) is 0 Å². The zero-order chi connectivity index (χ0) is 14.2. The first-order chi connectivity index (χ1) is 8.95. The summed E-state index contributed by atoms with van der Waals surface area (Å²) in [6.45, 7) is 4.14. The largest absolute Gasteiger partial charge is 0.464 e. The highest BCUT2D eigenvalue weighted by Gasteiger charge is 2.18. The number of hydrogen-bond donors (Lipinski definition) is 0. The van der Waals surface area contributed by atoms with Crippen LogP contribution in [-0.4, -0.2) is 32.4 Å². The van der Waals surface area contributed by atoms with Crippen LogP contribution >= 0.6 is 11.6 Å². The lowest BCUT2D eigenvalue weighted by Crippen LogP contribution is -2.13. The molecule has 102 valence electrons. The van der Waals surface area contributed by atoms with Crippen LogP contribution < -0.4 is 0 Å². The van der Waals surface area contributed by atoms with E-state index in [2.05, 4.69) is 10.1 Å². The summed E-state index contributed by atoms with van der Waals surface area (Å²) in [5, 5.41) is 4.81. The lowest BCUT2D eigenvalue weighted by molar-refractivity contribution is 0.0588. The number of halogens is 1. The van der Waals surface area contributed by atoms with Gasteiger partial charge in [-0.05, 0) is 13.8 Å². The summed E-state index contributed by atoms with van der Waals surface area (Å²) in [6, 6.07) is 0. The molecule has 2 aromatic rings. The second-order valence-electron chi connectivity index (χ2n) is 4.25. The van der Waals surface area contributed by atoms with Crippen molar-refractivity contribution in [2.45, 2.75) is 20.4 Å². The van der Waals surface area contributed by atoms with E-state index in [-0.39, 0.29) is 0 Å². The zero-order valence-electron chi connectivity index (χ0n) is 11.3. The maximum atomic E-state index is 11.7. The molecule has 0 saturated carbocycles. The van der Waals surface area contributed by atoms with Crippen molar-refractivity contribution in [3.05, 3.63) is 34.1 Å². The van der Waals surface area contributed by atoms with Gasteiger partial charge in [0.1, 0.15) is 16.7 Å². The number of imidazole rings is 1. The Bertz CT molecular complexity index is 630. The van der Waals surface area contributed by atoms with Gasteiger partial charge in [-0.2, -0.15) is 5.10 Å². The molecule has 0 unspecified atom stereocenters. The first-order valence-corrected chi connectivity index (χ1v) is 6.12. The quantitative estimate of drug-likeness (QED) is 0.804. The third kappa shape index (κ3) is 2.35. The molecular weight excluding hydrogens is 268 g/mol. The fraction of sp³-hybridized carbons (Fsp3) is 0.417. The highest BCUT2D eigenvalue weighted by Crippen LogP contribution is 2.21. The van der Waals surface area contributed by atoms with E-state index < -0.39 is 5.97 Å². The smallest absolute Gasteiger partial charge is 0.356 e. The normalized spacial score (nSPS) is 10.8. The Morgan fingerprint density at radius 2 is 2.16 bits per heavy atom. The number of carbonyl (C=O) groups excluding carboxylic acids is 1. The monoisotopic (exact) mass is 282 g/mol. The van der Waals surface area contributed by atoms with E-state index in [0.717, 1.165) is 17.1 Å². The molecular formula is C12H15ClN4O2. The number of ether oxygens (including phenoxy) is 1. The minimum Gasteiger partial charge on any atom is -0.464 e. The number of rotatable bonds is 3. The Morgan fingerprint density at radius 1 is 1.47 bits per heavy atom. The Labute approximate surface area is 116 Å². The Hall–Kier alpha value is -1.82. The number of carbonyl (C=O) groups is 1. The molecule has 0 atom stereocenters. The van der Waals surface area contributed by atoms with E-state index in [1.807, 2.05) is 13.8 Å². The van der Waals surface area contributed by atoms with E-state index in [0.29, 0.717) is 17.4 Å². The number of esters is 1. The zero-order valence-corrected chi connectivity index (χ0v) is 12.0. The maximum Gasteiger partial charge on any atom is 0.356 e. The van der Waals surface area contributed by atoms with Gasteiger partial charge in [0, 0.05) is 12.6 Å². The molecule has 0 saturated heterocycles. The third-order valence-electron chi connectivity index (χ3n) is 3.04. The summed E-state index contributed by atoms with van der Waals surface area (Å²) in [5.41, 5.74) is 2.10. The Kier molecular flexibility index (Phi) is 3.61. The van der Waals surface area contributed by atoms with Crippen LogP contribution in [0, 0.1) is 13.8 Å². The van der Waals surface area contributed by atoms with Crippen molar-refractivity contribution in [1.29, 1.82) is 0 Å². The summed E-state index contributed by atoms with van der Waals surface area (Å²) in [6.07, 6.45) is 1.50. The molecule has 0 amide bonds. The van der Waals surface area contributed by atoms with Crippen LogP contribution in [0.5, 0.6) is 0 Å². The molecule has 0 bridgehead atoms. The van der Waals surface area contributed by atoms with Crippen molar-refractivity contribution < 1.29 is 9.53 Å². The molecule has 2 rings (SSSR count). The molecule has 7 heteroatoms. The number of nitrogens with zero attached hydrogens (tertiary/aromatic N) is 4. The van der Waals surface area contributed by atoms with Gasteiger partial charge < -0.3 is 9.30 Å². The van der Waals surface area contributed by atoms with Gasteiger partial charge in [0.2, 0.25) is 0 Å². The summed E-state index contributed by atoms with van der Waals surface area (Å²) in [4.78, 5) is 15.8. The van der Waals surface area contributed by atoms with Crippen LogP contribution in [0.25, 0.3) is 0 Å². The molecule has 0 fully saturated rings. The van der Waals surface area contributed by atoms with Gasteiger partial charge in [0.05, 0.1) is 25.5 Å². The first-order valence-electron chi connectivity index (χ1n) is 5.74. The van der Waals surface area contributed by atoms with Gasteiger partial charge >= 0.3 is 5.97 Å². The van der Waals surface area contributed by atoms with Crippen molar-refractivity contribution in [2.75, 3.05) is 7.11 Å². The van der Waals surface area contributed by atoms with Crippen LogP contribution in [-0.2, 0) is 18.3 Å². The lowest BCUT2D eigenvalue weighted by Gasteiger charge is -2.09. The molecule has 19 heavy (non-hydrogen) atoms. The van der Waals surface area contributed by atoms with Gasteiger partial charge in [-0.15, -0.1) is 0 Å². The lowest BCUT2D eigenvalue weighted by atomic mass is 10.2. The average molecular weight is 283 g/mol. The fourth-order valence-corrected chi connectivity index (χ4v) is 2.18. The Morgan fingerprint density at radius 3 is 2.68 bits per heavy atom. The average Bonchev–Trinajstić information content (AvgIpc) is 2.85. The maximum absolute atomic E-state index is 11.7. The SMILES string of the molecule is COC(=O)c1cnc(C)n1Cc1c(C)nn(C)c1Cl. The van der Waals surface area contributed by atoms with Crippen LogP contribution in [0.4, 0.5) is 0 Å². The second kappa shape index (κ2) is 5.05. The topological polar surface area (TPSA) is 61.9 Å². The second-order valence-corrected chi connectivity index (χ2v) is 4.60. The van der Waals surface area contributed by atoms with Gasteiger partial charge in [0.15, 0.2) is 0 Å². The number of hydrogen-bond acceptors (Lipinski definition) is 4.